The second kappa shape index (κ2) is 12.6. The lowest BCUT2D eigenvalue weighted by Crippen LogP contribution is -2.52. The molecule has 0 saturated carbocycles. The van der Waals surface area contributed by atoms with Crippen LogP contribution in [0, 0.1) is 6.92 Å². The Hall–Kier alpha value is -3.14. The summed E-state index contributed by atoms with van der Waals surface area (Å²) in [6.45, 7) is 5.69. The van der Waals surface area contributed by atoms with Gasteiger partial charge in [-0.2, -0.15) is 26.3 Å². The van der Waals surface area contributed by atoms with E-state index in [9.17, 15) is 31.1 Å². The van der Waals surface area contributed by atoms with Crippen molar-refractivity contribution >= 4 is 29.2 Å². The molecule has 0 aromatic carbocycles. The van der Waals surface area contributed by atoms with Gasteiger partial charge in [-0.15, -0.1) is 11.3 Å². The molecule has 2 aromatic heterocycles. The van der Waals surface area contributed by atoms with Crippen molar-refractivity contribution in [3.05, 3.63) is 40.2 Å². The molecule has 38 heavy (non-hydrogen) atoms. The first-order valence-electron chi connectivity index (χ1n) is 11.1. The number of hydrogen-bond donors (Lipinski definition) is 2. The fourth-order valence-corrected chi connectivity index (χ4v) is 4.66. The lowest BCUT2D eigenvalue weighted by molar-refractivity contribution is -0.193. The molecular formula is C22H25F6N3O6S. The third kappa shape index (κ3) is 9.01. The van der Waals surface area contributed by atoms with Crippen molar-refractivity contribution in [1.82, 2.24) is 14.8 Å². The fourth-order valence-electron chi connectivity index (χ4n) is 4.06. The largest absolute Gasteiger partial charge is 0.490 e. The number of hydrogen-bond acceptors (Lipinski definition) is 7. The summed E-state index contributed by atoms with van der Waals surface area (Å²) in [6, 6.07) is 2.03. The molecule has 2 fully saturated rings. The van der Waals surface area contributed by atoms with E-state index in [1.807, 2.05) is 19.3 Å². The summed E-state index contributed by atoms with van der Waals surface area (Å²) in [7, 11) is 0. The number of rotatable bonds is 4. The van der Waals surface area contributed by atoms with Gasteiger partial charge in [-0.3, -0.25) is 9.69 Å². The summed E-state index contributed by atoms with van der Waals surface area (Å²) in [4.78, 5) is 39.4. The maximum Gasteiger partial charge on any atom is 0.490 e. The molecule has 16 heteroatoms. The van der Waals surface area contributed by atoms with Crippen LogP contribution >= 0.6 is 11.3 Å². The number of carboxylic acid groups (broad SMARTS) is 2. The maximum atomic E-state index is 12.5. The predicted octanol–water partition coefficient (Wildman–Crippen LogP) is 4.47. The number of amides is 1. The highest BCUT2D eigenvalue weighted by Gasteiger charge is 2.47. The minimum atomic E-state index is -5.08. The van der Waals surface area contributed by atoms with Gasteiger partial charge < -0.3 is 19.5 Å². The van der Waals surface area contributed by atoms with Crippen molar-refractivity contribution in [2.75, 3.05) is 13.1 Å². The molecule has 212 valence electrons. The summed E-state index contributed by atoms with van der Waals surface area (Å²) in [5, 5.41) is 17.4. The van der Waals surface area contributed by atoms with E-state index in [4.69, 9.17) is 24.2 Å². The van der Waals surface area contributed by atoms with Gasteiger partial charge in [0.25, 0.3) is 0 Å². The first kappa shape index (κ1) is 31.1. The molecule has 0 bridgehead atoms. The van der Waals surface area contributed by atoms with E-state index in [1.165, 1.54) is 5.56 Å². The summed E-state index contributed by atoms with van der Waals surface area (Å²) in [6.07, 6.45) is -2.83. The zero-order valence-electron chi connectivity index (χ0n) is 20.0. The van der Waals surface area contributed by atoms with E-state index < -0.39 is 24.3 Å². The number of likely N-dealkylation sites (tertiary alicyclic amines) is 2. The molecule has 0 aliphatic carbocycles. The predicted molar refractivity (Wildman–Crippen MR) is 120 cm³/mol. The monoisotopic (exact) mass is 573 g/mol. The molecule has 2 aliphatic rings. The first-order chi connectivity index (χ1) is 17.5. The molecule has 2 N–H and O–H groups in total. The Morgan fingerprint density at radius 2 is 1.61 bits per heavy atom. The fraction of sp³-hybridized carbons (Fsp3) is 0.545. The van der Waals surface area contributed by atoms with Gasteiger partial charge in [0.15, 0.2) is 0 Å². The number of thiazole rings is 1. The molecule has 2 aromatic rings. The van der Waals surface area contributed by atoms with Gasteiger partial charge in [-0.05, 0) is 32.3 Å². The van der Waals surface area contributed by atoms with Gasteiger partial charge in [0.1, 0.15) is 0 Å². The minimum absolute atomic E-state index is 0.0432. The van der Waals surface area contributed by atoms with E-state index >= 15 is 0 Å². The number of furan rings is 1. The van der Waals surface area contributed by atoms with Gasteiger partial charge in [0.05, 0.1) is 29.8 Å². The van der Waals surface area contributed by atoms with Crippen molar-refractivity contribution in [3.8, 4) is 0 Å². The van der Waals surface area contributed by atoms with Gasteiger partial charge in [-0.1, -0.05) is 0 Å². The van der Waals surface area contributed by atoms with Gasteiger partial charge in [0, 0.05) is 42.5 Å². The average Bonchev–Trinajstić information content (AvgIpc) is 3.54. The highest BCUT2D eigenvalue weighted by Crippen LogP contribution is 2.40. The minimum Gasteiger partial charge on any atom is -0.475 e. The lowest BCUT2D eigenvalue weighted by Gasteiger charge is -2.44. The van der Waals surface area contributed by atoms with Crippen LogP contribution in [-0.2, 0) is 27.5 Å². The number of aliphatic carboxylic acids is 2. The highest BCUT2D eigenvalue weighted by atomic mass is 32.1. The zero-order chi connectivity index (χ0) is 28.7. The molecule has 2 saturated heterocycles. The van der Waals surface area contributed by atoms with Crippen molar-refractivity contribution in [2.45, 2.75) is 63.6 Å². The Morgan fingerprint density at radius 1 is 1.05 bits per heavy atom. The summed E-state index contributed by atoms with van der Waals surface area (Å²) in [5.41, 5.74) is 2.30. The Kier molecular flexibility index (Phi) is 10.3. The Balaban J connectivity index is 0.000000301. The molecule has 0 radical (unpaired) electrons. The molecule has 1 amide bonds. The van der Waals surface area contributed by atoms with Crippen LogP contribution in [-0.4, -0.2) is 73.8 Å². The number of aromatic nitrogens is 1. The second-order valence-electron chi connectivity index (χ2n) is 8.58. The quantitative estimate of drug-likeness (QED) is 0.514. The number of aryl methyl sites for hydroxylation is 1. The Bertz CT molecular complexity index is 1050. The Labute approximate surface area is 216 Å². The number of halogens is 6. The molecule has 0 atom stereocenters. The molecule has 1 spiro atoms. The normalized spacial score (nSPS) is 17.4. The zero-order valence-corrected chi connectivity index (χ0v) is 20.8. The van der Waals surface area contributed by atoms with E-state index in [2.05, 4.69) is 20.2 Å². The van der Waals surface area contributed by atoms with Crippen LogP contribution in [0.4, 0.5) is 26.3 Å². The number of alkyl halides is 6. The molecular weight excluding hydrogens is 548 g/mol. The second-order valence-corrected chi connectivity index (χ2v) is 9.64. The summed E-state index contributed by atoms with van der Waals surface area (Å²) >= 11 is 1.66. The first-order valence-corrected chi connectivity index (χ1v) is 12.0. The SMILES string of the molecule is Cc1nc(CN2C(=O)CCC23CCN(Cc2ccoc2)CC3)cs1.O=C(O)C(F)(F)F.O=C(O)C(F)(F)F. The van der Waals surface area contributed by atoms with Crippen molar-refractivity contribution < 1.29 is 55.4 Å². The van der Waals surface area contributed by atoms with Gasteiger partial charge >= 0.3 is 24.3 Å². The molecule has 4 heterocycles. The third-order valence-corrected chi connectivity index (χ3v) is 6.74. The van der Waals surface area contributed by atoms with E-state index in [1.54, 1.807) is 17.6 Å². The number of carboxylic acids is 2. The van der Waals surface area contributed by atoms with E-state index in [-0.39, 0.29) is 5.54 Å². The van der Waals surface area contributed by atoms with E-state index in [0.717, 1.165) is 49.6 Å². The van der Waals surface area contributed by atoms with Crippen LogP contribution in [0.3, 0.4) is 0 Å². The topological polar surface area (TPSA) is 124 Å². The van der Waals surface area contributed by atoms with Crippen LogP contribution in [0.25, 0.3) is 0 Å². The number of carbonyl (C=O) groups is 3. The van der Waals surface area contributed by atoms with Gasteiger partial charge in [-0.25, -0.2) is 14.6 Å². The van der Waals surface area contributed by atoms with Crippen molar-refractivity contribution in [1.29, 1.82) is 0 Å². The molecule has 9 nitrogen and oxygen atoms in total. The lowest BCUT2D eigenvalue weighted by atomic mass is 9.84. The number of carbonyl (C=O) groups excluding carboxylic acids is 1. The van der Waals surface area contributed by atoms with Gasteiger partial charge in [0.2, 0.25) is 5.91 Å². The van der Waals surface area contributed by atoms with Crippen LogP contribution in [0.15, 0.2) is 28.4 Å². The summed E-state index contributed by atoms with van der Waals surface area (Å²) in [5.74, 6) is -5.22. The average molecular weight is 574 g/mol. The molecule has 4 rings (SSSR count). The summed E-state index contributed by atoms with van der Waals surface area (Å²) < 4.78 is 68.6. The number of nitrogens with zero attached hydrogens (tertiary/aromatic N) is 3. The van der Waals surface area contributed by atoms with Crippen LogP contribution in [0.5, 0.6) is 0 Å². The standard InChI is InChI=1S/C18H23N3O2S.2C2HF3O2/c1-14-19-16(13-24-14)11-21-17(22)2-4-18(21)5-7-20(8-6-18)10-15-3-9-23-12-15;2*3-2(4,5)1(6)7/h3,9,12-13H,2,4-8,10-11H2,1H3;2*(H,6,7). The van der Waals surface area contributed by atoms with Crippen molar-refractivity contribution in [3.63, 3.8) is 0 Å². The van der Waals surface area contributed by atoms with Crippen LogP contribution in [0.2, 0.25) is 0 Å². The highest BCUT2D eigenvalue weighted by molar-refractivity contribution is 7.09. The van der Waals surface area contributed by atoms with E-state index in [0.29, 0.717) is 18.9 Å². The molecule has 0 unspecified atom stereocenters. The van der Waals surface area contributed by atoms with Crippen LogP contribution in [0.1, 0.15) is 41.9 Å². The maximum absolute atomic E-state index is 12.5. The molecule has 2 aliphatic heterocycles. The number of piperidine rings is 1. The Morgan fingerprint density at radius 3 is 2.03 bits per heavy atom. The van der Waals surface area contributed by atoms with Crippen LogP contribution < -0.4 is 0 Å². The smallest absolute Gasteiger partial charge is 0.475 e. The third-order valence-electron chi connectivity index (χ3n) is 5.92. The van der Waals surface area contributed by atoms with Crippen molar-refractivity contribution in [2.24, 2.45) is 0 Å².